The van der Waals surface area contributed by atoms with E-state index in [-0.39, 0.29) is 18.3 Å². The topological polar surface area (TPSA) is 41.1 Å². The van der Waals surface area contributed by atoms with Crippen LogP contribution in [0.1, 0.15) is 43.6 Å². The highest BCUT2D eigenvalue weighted by Gasteiger charge is 2.23. The molecule has 1 saturated carbocycles. The van der Waals surface area contributed by atoms with Gasteiger partial charge in [0.1, 0.15) is 0 Å². The van der Waals surface area contributed by atoms with Gasteiger partial charge in [-0.25, -0.2) is 0 Å². The van der Waals surface area contributed by atoms with Crippen molar-refractivity contribution in [2.75, 3.05) is 20.1 Å². The lowest BCUT2D eigenvalue weighted by molar-refractivity contribution is -0.122. The molecule has 0 bridgehead atoms. The Hall–Kier alpha value is -1.06. The number of carbonyl (C=O) groups excluding carboxylic acids is 1. The van der Waals surface area contributed by atoms with Crippen molar-refractivity contribution >= 4 is 18.3 Å². The summed E-state index contributed by atoms with van der Waals surface area (Å²) < 4.78 is 0. The molecule has 2 N–H and O–H groups in total. The summed E-state index contributed by atoms with van der Waals surface area (Å²) in [6, 6.07) is 10.8. The molecule has 0 atom stereocenters. The van der Waals surface area contributed by atoms with E-state index in [1.165, 1.54) is 31.2 Å². The van der Waals surface area contributed by atoms with Gasteiger partial charge in [0.2, 0.25) is 5.91 Å². The van der Waals surface area contributed by atoms with E-state index >= 15 is 0 Å². The second kappa shape index (κ2) is 9.80. The molecule has 3 nitrogen and oxygen atoms in total. The molecule has 0 saturated heterocycles. The van der Waals surface area contributed by atoms with Gasteiger partial charge in [0.15, 0.2) is 0 Å². The summed E-state index contributed by atoms with van der Waals surface area (Å²) >= 11 is 0. The minimum atomic E-state index is 0. The van der Waals surface area contributed by atoms with Crippen molar-refractivity contribution in [1.29, 1.82) is 0 Å². The normalized spacial score (nSPS) is 21.4. The van der Waals surface area contributed by atoms with Crippen LogP contribution in [0.5, 0.6) is 0 Å². The van der Waals surface area contributed by atoms with Gasteiger partial charge in [-0.15, -0.1) is 12.4 Å². The van der Waals surface area contributed by atoms with Crippen molar-refractivity contribution in [3.8, 4) is 0 Å². The molecule has 2 rings (SSSR count). The van der Waals surface area contributed by atoms with Crippen LogP contribution in [0.15, 0.2) is 30.3 Å². The van der Waals surface area contributed by atoms with Crippen LogP contribution >= 0.6 is 12.4 Å². The molecule has 0 heterocycles. The lowest BCUT2D eigenvalue weighted by Gasteiger charge is -2.28. The van der Waals surface area contributed by atoms with Gasteiger partial charge in [-0.2, -0.15) is 0 Å². The highest BCUT2D eigenvalue weighted by Crippen LogP contribution is 2.36. The van der Waals surface area contributed by atoms with E-state index in [9.17, 15) is 4.79 Å². The number of nitrogens with one attached hydrogen (secondary N) is 2. The van der Waals surface area contributed by atoms with Gasteiger partial charge in [-0.05, 0) is 50.1 Å². The van der Waals surface area contributed by atoms with Gasteiger partial charge in [-0.1, -0.05) is 30.3 Å². The maximum Gasteiger partial charge on any atom is 0.220 e. The average molecular weight is 311 g/mol. The Morgan fingerprint density at radius 3 is 2.38 bits per heavy atom. The number of rotatable bonds is 6. The Balaban J connectivity index is 0.00000220. The van der Waals surface area contributed by atoms with Crippen LogP contribution in [0.3, 0.4) is 0 Å². The van der Waals surface area contributed by atoms with Crippen molar-refractivity contribution < 1.29 is 4.79 Å². The third-order valence-corrected chi connectivity index (χ3v) is 4.29. The fourth-order valence-electron chi connectivity index (χ4n) is 3.09. The van der Waals surface area contributed by atoms with Gasteiger partial charge < -0.3 is 10.6 Å². The molecular weight excluding hydrogens is 284 g/mol. The Morgan fingerprint density at radius 2 is 1.76 bits per heavy atom. The second-order valence-corrected chi connectivity index (χ2v) is 5.79. The maximum absolute atomic E-state index is 11.8. The second-order valence-electron chi connectivity index (χ2n) is 5.79. The van der Waals surface area contributed by atoms with Crippen molar-refractivity contribution in [2.45, 2.75) is 38.0 Å². The molecule has 1 aliphatic rings. The highest BCUT2D eigenvalue weighted by atomic mass is 35.5. The van der Waals surface area contributed by atoms with E-state index in [1.54, 1.807) is 0 Å². The maximum atomic E-state index is 11.8. The molecule has 1 aliphatic carbocycles. The van der Waals surface area contributed by atoms with E-state index in [4.69, 9.17) is 0 Å². The summed E-state index contributed by atoms with van der Waals surface area (Å²) in [5, 5.41) is 6.01. The quantitative estimate of drug-likeness (QED) is 0.793. The Morgan fingerprint density at radius 1 is 1.10 bits per heavy atom. The number of hydrogen-bond donors (Lipinski definition) is 2. The van der Waals surface area contributed by atoms with Crippen molar-refractivity contribution in [1.82, 2.24) is 10.6 Å². The molecular formula is C17H27ClN2O. The number of benzene rings is 1. The Kier molecular flexibility index (Phi) is 8.40. The molecule has 0 spiro atoms. The summed E-state index contributed by atoms with van der Waals surface area (Å²) in [5.74, 6) is 1.48. The Bertz CT molecular complexity index is 403. The van der Waals surface area contributed by atoms with Crippen LogP contribution in [0.4, 0.5) is 0 Å². The monoisotopic (exact) mass is 310 g/mol. The van der Waals surface area contributed by atoms with Gasteiger partial charge >= 0.3 is 0 Å². The molecule has 118 valence electrons. The number of halogens is 1. The van der Waals surface area contributed by atoms with Gasteiger partial charge in [0.05, 0.1) is 0 Å². The first-order valence-corrected chi connectivity index (χ1v) is 7.76. The zero-order valence-electron chi connectivity index (χ0n) is 12.8. The lowest BCUT2D eigenvalue weighted by atomic mass is 9.77. The molecule has 4 heteroatoms. The van der Waals surface area contributed by atoms with E-state index in [2.05, 4.69) is 41.0 Å². The van der Waals surface area contributed by atoms with Crippen LogP contribution in [-0.4, -0.2) is 26.0 Å². The molecule has 1 amide bonds. The first kappa shape index (κ1) is 18.0. The van der Waals surface area contributed by atoms with Gasteiger partial charge in [0, 0.05) is 19.5 Å². The largest absolute Gasteiger partial charge is 0.355 e. The average Bonchev–Trinajstić information content (AvgIpc) is 2.49. The van der Waals surface area contributed by atoms with E-state index < -0.39 is 0 Å². The van der Waals surface area contributed by atoms with Crippen molar-refractivity contribution in [2.24, 2.45) is 5.92 Å². The van der Waals surface area contributed by atoms with Crippen molar-refractivity contribution in [3.05, 3.63) is 35.9 Å². The van der Waals surface area contributed by atoms with Crippen molar-refractivity contribution in [3.63, 3.8) is 0 Å². The van der Waals surface area contributed by atoms with Gasteiger partial charge in [-0.3, -0.25) is 4.79 Å². The fourth-order valence-corrected chi connectivity index (χ4v) is 3.09. The standard InChI is InChI=1S/C17H26N2O.ClH/c1-18-11-12-19-17(20)13-14-7-9-16(10-8-14)15-5-3-2-4-6-15;/h2-6,14,16,18H,7-13H2,1H3,(H,19,20);1H. The van der Waals surface area contributed by atoms with Crippen LogP contribution in [0, 0.1) is 5.92 Å². The van der Waals surface area contributed by atoms with Crippen LogP contribution in [-0.2, 0) is 4.79 Å². The molecule has 21 heavy (non-hydrogen) atoms. The third-order valence-electron chi connectivity index (χ3n) is 4.29. The van der Waals surface area contributed by atoms with Crippen LogP contribution < -0.4 is 10.6 Å². The minimum Gasteiger partial charge on any atom is -0.355 e. The number of hydrogen-bond acceptors (Lipinski definition) is 2. The Labute approximate surface area is 134 Å². The highest BCUT2D eigenvalue weighted by molar-refractivity contribution is 5.85. The van der Waals surface area contributed by atoms with E-state index in [1.807, 2.05) is 7.05 Å². The van der Waals surface area contributed by atoms with Crippen LogP contribution in [0.25, 0.3) is 0 Å². The predicted octanol–water partition coefficient (Wildman–Crippen LogP) is 3.11. The number of amides is 1. The third kappa shape index (κ3) is 6.06. The zero-order valence-corrected chi connectivity index (χ0v) is 13.6. The lowest BCUT2D eigenvalue weighted by Crippen LogP contribution is -2.32. The number of likely N-dealkylation sites (N-methyl/N-ethyl adjacent to an activating group) is 1. The molecule has 1 aromatic carbocycles. The molecule has 0 unspecified atom stereocenters. The van der Waals surface area contributed by atoms with Crippen LogP contribution in [0.2, 0.25) is 0 Å². The molecule has 0 aromatic heterocycles. The SMILES string of the molecule is CNCCNC(=O)CC1CCC(c2ccccc2)CC1.Cl. The smallest absolute Gasteiger partial charge is 0.220 e. The molecule has 0 aliphatic heterocycles. The minimum absolute atomic E-state index is 0. The zero-order chi connectivity index (χ0) is 14.2. The van der Waals surface area contributed by atoms with E-state index in [0.29, 0.717) is 18.3 Å². The van der Waals surface area contributed by atoms with E-state index in [0.717, 1.165) is 13.1 Å². The predicted molar refractivity (Wildman–Crippen MR) is 89.9 cm³/mol. The summed E-state index contributed by atoms with van der Waals surface area (Å²) in [6.07, 6.45) is 5.50. The first-order valence-electron chi connectivity index (χ1n) is 7.76. The fraction of sp³-hybridized carbons (Fsp3) is 0.588. The molecule has 0 radical (unpaired) electrons. The molecule has 1 fully saturated rings. The summed E-state index contributed by atoms with van der Waals surface area (Å²) in [6.45, 7) is 1.57. The molecule has 1 aromatic rings. The number of carbonyl (C=O) groups is 1. The first-order chi connectivity index (χ1) is 9.79. The summed E-state index contributed by atoms with van der Waals surface area (Å²) in [4.78, 5) is 11.8. The summed E-state index contributed by atoms with van der Waals surface area (Å²) in [7, 11) is 1.90. The van der Waals surface area contributed by atoms with Gasteiger partial charge in [0.25, 0.3) is 0 Å². The summed E-state index contributed by atoms with van der Waals surface area (Å²) in [5.41, 5.74) is 1.46.